The molecular weight excluding hydrogens is 509 g/mol. The number of nitrogens with one attached hydrogen (secondary N) is 2. The molecule has 4 rings (SSSR count). The SMILES string of the molecule is O=C1NCCC1CC(NC(=O)C1CC2(CC2)CN1C(=O)C1(O)CCC(F)(F)CC1)C(=O)COC(F)(F)F. The van der Waals surface area contributed by atoms with Gasteiger partial charge < -0.3 is 20.6 Å². The first-order valence-electron chi connectivity index (χ1n) is 12.3. The van der Waals surface area contributed by atoms with Crippen molar-refractivity contribution in [3.63, 3.8) is 0 Å². The molecule has 4 fully saturated rings. The fourth-order valence-electron chi connectivity index (χ4n) is 5.50. The van der Waals surface area contributed by atoms with Gasteiger partial charge >= 0.3 is 6.36 Å². The average molecular weight is 539 g/mol. The van der Waals surface area contributed by atoms with Crippen molar-refractivity contribution in [2.75, 3.05) is 19.7 Å². The number of carbonyl (C=O) groups is 4. The second-order valence-electron chi connectivity index (χ2n) is 10.8. The van der Waals surface area contributed by atoms with E-state index in [-0.39, 0.29) is 24.8 Å². The van der Waals surface area contributed by atoms with Gasteiger partial charge in [-0.1, -0.05) is 0 Å². The largest absolute Gasteiger partial charge is 0.522 e. The number of hydrogen-bond donors (Lipinski definition) is 3. The fraction of sp³-hybridized carbons (Fsp3) is 0.826. The van der Waals surface area contributed by atoms with Crippen LogP contribution in [0.4, 0.5) is 22.0 Å². The highest BCUT2D eigenvalue weighted by Crippen LogP contribution is 2.55. The number of carbonyl (C=O) groups excluding carboxylic acids is 4. The van der Waals surface area contributed by atoms with E-state index >= 15 is 0 Å². The lowest BCUT2D eigenvalue weighted by atomic mass is 9.81. The Balaban J connectivity index is 1.49. The molecule has 0 radical (unpaired) electrons. The summed E-state index contributed by atoms with van der Waals surface area (Å²) in [4.78, 5) is 52.4. The quantitative estimate of drug-likeness (QED) is 0.401. The number of nitrogens with zero attached hydrogens (tertiary/aromatic N) is 1. The van der Waals surface area contributed by atoms with Crippen molar-refractivity contribution in [2.45, 2.75) is 87.8 Å². The van der Waals surface area contributed by atoms with Crippen molar-refractivity contribution >= 4 is 23.5 Å². The lowest BCUT2D eigenvalue weighted by Crippen LogP contribution is -2.57. The number of likely N-dealkylation sites (tertiary alicyclic amines) is 1. The Morgan fingerprint density at radius 2 is 1.78 bits per heavy atom. The molecule has 0 bridgehead atoms. The molecule has 3 atom stereocenters. The molecule has 2 saturated heterocycles. The van der Waals surface area contributed by atoms with Gasteiger partial charge in [0.05, 0.1) is 6.04 Å². The lowest BCUT2D eigenvalue weighted by molar-refractivity contribution is -0.321. The van der Waals surface area contributed by atoms with Crippen molar-refractivity contribution in [3.05, 3.63) is 0 Å². The molecule has 2 aliphatic carbocycles. The molecule has 3 amide bonds. The van der Waals surface area contributed by atoms with Gasteiger partial charge in [0.25, 0.3) is 5.91 Å². The number of hydrogen-bond acceptors (Lipinski definition) is 6. The van der Waals surface area contributed by atoms with Crippen LogP contribution in [0, 0.1) is 11.3 Å². The molecule has 4 aliphatic rings. The summed E-state index contributed by atoms with van der Waals surface area (Å²) in [6.45, 7) is -0.917. The number of aliphatic hydroxyl groups is 1. The van der Waals surface area contributed by atoms with E-state index in [1.807, 2.05) is 0 Å². The minimum atomic E-state index is -5.08. The molecule has 0 aromatic carbocycles. The van der Waals surface area contributed by atoms with E-state index in [1.54, 1.807) is 0 Å². The molecule has 2 aliphatic heterocycles. The summed E-state index contributed by atoms with van der Waals surface area (Å²) in [6.07, 6.45) is -5.66. The van der Waals surface area contributed by atoms with Crippen molar-refractivity contribution in [1.29, 1.82) is 0 Å². The first-order chi connectivity index (χ1) is 17.1. The smallest absolute Gasteiger partial charge is 0.380 e. The van der Waals surface area contributed by atoms with E-state index in [0.29, 0.717) is 25.8 Å². The first-order valence-corrected chi connectivity index (χ1v) is 12.3. The van der Waals surface area contributed by atoms with Crippen LogP contribution in [-0.4, -0.2) is 83.2 Å². The number of Topliss-reactive ketones (excluding diaryl/α,β-unsaturated/α-hetero) is 1. The van der Waals surface area contributed by atoms with Gasteiger partial charge in [-0.25, -0.2) is 8.78 Å². The van der Waals surface area contributed by atoms with Crippen molar-refractivity contribution in [3.8, 4) is 0 Å². The second kappa shape index (κ2) is 9.75. The van der Waals surface area contributed by atoms with Crippen LogP contribution >= 0.6 is 0 Å². The van der Waals surface area contributed by atoms with Crippen LogP contribution in [0.2, 0.25) is 0 Å². The predicted molar refractivity (Wildman–Crippen MR) is 115 cm³/mol. The standard InChI is InChI=1S/C23H30F5N3O6/c24-22(25)6-4-21(36,5-7-22)19(35)31-12-20(2-3-20)10-15(31)18(34)30-14(9-13-1-8-29-17(13)33)16(32)11-37-23(26,27)28/h13-15,36H,1-12H2,(H,29,33)(H,30,34). The lowest BCUT2D eigenvalue weighted by Gasteiger charge is -2.38. The molecule has 37 heavy (non-hydrogen) atoms. The number of ether oxygens (including phenoxy) is 1. The Bertz CT molecular complexity index is 944. The number of amides is 3. The Labute approximate surface area is 209 Å². The summed E-state index contributed by atoms with van der Waals surface area (Å²) >= 11 is 0. The number of rotatable bonds is 8. The van der Waals surface area contributed by atoms with Gasteiger partial charge in [0.1, 0.15) is 18.2 Å². The zero-order chi connectivity index (χ0) is 27.2. The van der Waals surface area contributed by atoms with Crippen LogP contribution in [0.3, 0.4) is 0 Å². The third kappa shape index (κ3) is 6.39. The molecule has 2 saturated carbocycles. The zero-order valence-corrected chi connectivity index (χ0v) is 20.0. The summed E-state index contributed by atoms with van der Waals surface area (Å²) in [5.74, 6) is -6.84. The molecule has 1 spiro atoms. The van der Waals surface area contributed by atoms with Crippen LogP contribution in [0.15, 0.2) is 0 Å². The van der Waals surface area contributed by atoms with Crippen LogP contribution in [0.1, 0.15) is 57.8 Å². The highest BCUT2D eigenvalue weighted by Gasteiger charge is 2.58. The number of alkyl halides is 5. The molecule has 3 N–H and O–H groups in total. The zero-order valence-electron chi connectivity index (χ0n) is 20.0. The van der Waals surface area contributed by atoms with Gasteiger partial charge in [0, 0.05) is 31.8 Å². The Kier molecular flexibility index (Phi) is 7.30. The molecule has 3 unspecified atom stereocenters. The molecule has 9 nitrogen and oxygen atoms in total. The van der Waals surface area contributed by atoms with Crippen LogP contribution in [-0.2, 0) is 23.9 Å². The van der Waals surface area contributed by atoms with Gasteiger partial charge in [-0.05, 0) is 50.4 Å². The van der Waals surface area contributed by atoms with E-state index in [2.05, 4.69) is 15.4 Å². The van der Waals surface area contributed by atoms with Crippen molar-refractivity contribution < 1.29 is 51.0 Å². The monoisotopic (exact) mass is 539 g/mol. The van der Waals surface area contributed by atoms with Crippen molar-refractivity contribution in [1.82, 2.24) is 15.5 Å². The molecule has 2 heterocycles. The fourth-order valence-corrected chi connectivity index (χ4v) is 5.50. The van der Waals surface area contributed by atoms with E-state index in [1.165, 1.54) is 0 Å². The summed E-state index contributed by atoms with van der Waals surface area (Å²) in [6, 6.07) is -2.62. The van der Waals surface area contributed by atoms with E-state index in [0.717, 1.165) is 4.90 Å². The van der Waals surface area contributed by atoms with Crippen molar-refractivity contribution in [2.24, 2.45) is 11.3 Å². The van der Waals surface area contributed by atoms with Crippen LogP contribution in [0.25, 0.3) is 0 Å². The third-order valence-corrected chi connectivity index (χ3v) is 8.00. The van der Waals surface area contributed by atoms with Crippen LogP contribution < -0.4 is 10.6 Å². The minimum Gasteiger partial charge on any atom is -0.380 e. The molecule has 208 valence electrons. The number of ketones is 1. The van der Waals surface area contributed by atoms with E-state index in [9.17, 15) is 46.2 Å². The predicted octanol–water partition coefficient (Wildman–Crippen LogP) is 1.42. The maximum absolute atomic E-state index is 13.6. The Hall–Kier alpha value is -2.35. The highest BCUT2D eigenvalue weighted by molar-refractivity contribution is 5.95. The first kappa shape index (κ1) is 27.7. The molecule has 0 aromatic heterocycles. The maximum Gasteiger partial charge on any atom is 0.522 e. The summed E-state index contributed by atoms with van der Waals surface area (Å²) < 4.78 is 68.4. The Morgan fingerprint density at radius 1 is 1.14 bits per heavy atom. The molecule has 14 heteroatoms. The number of halogens is 5. The summed E-state index contributed by atoms with van der Waals surface area (Å²) in [5, 5.41) is 15.8. The normalized spacial score (nSPS) is 28.6. The van der Waals surface area contributed by atoms with Gasteiger partial charge in [-0.15, -0.1) is 13.2 Å². The Morgan fingerprint density at radius 3 is 2.32 bits per heavy atom. The maximum atomic E-state index is 13.6. The van der Waals surface area contributed by atoms with Gasteiger partial charge in [-0.2, -0.15) is 0 Å². The van der Waals surface area contributed by atoms with Crippen LogP contribution in [0.5, 0.6) is 0 Å². The van der Waals surface area contributed by atoms with E-state index in [4.69, 9.17) is 0 Å². The van der Waals surface area contributed by atoms with Gasteiger partial charge in [-0.3, -0.25) is 23.9 Å². The summed E-state index contributed by atoms with van der Waals surface area (Å²) in [7, 11) is 0. The second-order valence-corrected chi connectivity index (χ2v) is 10.8. The molecular formula is C23H30F5N3O6. The average Bonchev–Trinajstić information content (AvgIpc) is 3.28. The van der Waals surface area contributed by atoms with Gasteiger partial charge in [0.15, 0.2) is 5.78 Å². The third-order valence-electron chi connectivity index (χ3n) is 8.00. The minimum absolute atomic E-state index is 0.128. The van der Waals surface area contributed by atoms with Gasteiger partial charge in [0.2, 0.25) is 17.7 Å². The van der Waals surface area contributed by atoms with E-state index < -0.39 is 91.7 Å². The molecule has 0 aromatic rings. The summed E-state index contributed by atoms with van der Waals surface area (Å²) in [5.41, 5.74) is -2.42. The highest BCUT2D eigenvalue weighted by atomic mass is 19.4. The topological polar surface area (TPSA) is 125 Å².